The van der Waals surface area contributed by atoms with E-state index in [1.54, 1.807) is 13.8 Å². The monoisotopic (exact) mass is 300 g/mol. The molecule has 1 aromatic carbocycles. The van der Waals surface area contributed by atoms with Gasteiger partial charge in [0.15, 0.2) is 0 Å². The molecular weight excluding hydrogens is 280 g/mol. The zero-order chi connectivity index (χ0) is 15.6. The van der Waals surface area contributed by atoms with Crippen LogP contribution >= 0.6 is 0 Å². The lowest BCUT2D eigenvalue weighted by Crippen LogP contribution is -2.38. The van der Waals surface area contributed by atoms with Gasteiger partial charge in [-0.05, 0) is 38.1 Å². The molecular formula is C13H20N2O4S. The first kappa shape index (κ1) is 16.6. The Bertz CT molecular complexity index is 571. The van der Waals surface area contributed by atoms with E-state index in [1.807, 2.05) is 0 Å². The summed E-state index contributed by atoms with van der Waals surface area (Å²) in [5.74, 6) is -0.360. The van der Waals surface area contributed by atoms with Gasteiger partial charge in [-0.2, -0.15) is 0 Å². The second-order valence-electron chi connectivity index (χ2n) is 5.31. The van der Waals surface area contributed by atoms with E-state index in [-0.39, 0.29) is 17.3 Å². The summed E-state index contributed by atoms with van der Waals surface area (Å²) in [7, 11) is -0.606. The van der Waals surface area contributed by atoms with Gasteiger partial charge >= 0.3 is 0 Å². The summed E-state index contributed by atoms with van der Waals surface area (Å²) < 4.78 is 24.8. The van der Waals surface area contributed by atoms with Crippen LogP contribution < -0.4 is 5.32 Å². The Labute approximate surface area is 119 Å². The number of aliphatic hydroxyl groups is 1. The largest absolute Gasteiger partial charge is 0.389 e. The van der Waals surface area contributed by atoms with E-state index in [0.29, 0.717) is 5.56 Å². The molecule has 1 aromatic rings. The number of amides is 1. The standard InChI is InChI=1S/C13H20N2O4S/c1-13(2,17)9-14-12(16)10-5-7-11(8-6-10)20(18,19)15(3)4/h5-8,17H,9H2,1-4H3,(H,14,16). The molecule has 1 amide bonds. The predicted octanol–water partition coefficient (Wildman–Crippen LogP) is 0.438. The molecule has 0 aliphatic carbocycles. The molecule has 7 heteroatoms. The van der Waals surface area contributed by atoms with Crippen molar-refractivity contribution in [1.82, 2.24) is 9.62 Å². The summed E-state index contributed by atoms with van der Waals surface area (Å²) in [6.07, 6.45) is 0. The van der Waals surface area contributed by atoms with Gasteiger partial charge in [0, 0.05) is 26.2 Å². The lowest BCUT2D eigenvalue weighted by molar-refractivity contribution is 0.0694. The first-order valence-corrected chi connectivity index (χ1v) is 7.51. The van der Waals surface area contributed by atoms with Crippen LogP contribution in [0.3, 0.4) is 0 Å². The van der Waals surface area contributed by atoms with Gasteiger partial charge in [-0.15, -0.1) is 0 Å². The molecule has 0 unspecified atom stereocenters. The van der Waals surface area contributed by atoms with Crippen molar-refractivity contribution in [2.45, 2.75) is 24.3 Å². The maximum atomic E-state index is 11.9. The average Bonchev–Trinajstić information content (AvgIpc) is 2.35. The number of carbonyl (C=O) groups excluding carboxylic acids is 1. The molecule has 0 atom stereocenters. The molecule has 0 bridgehead atoms. The molecule has 112 valence electrons. The highest BCUT2D eigenvalue weighted by molar-refractivity contribution is 7.89. The minimum atomic E-state index is -3.49. The zero-order valence-electron chi connectivity index (χ0n) is 12.0. The lowest BCUT2D eigenvalue weighted by atomic mass is 10.1. The minimum absolute atomic E-state index is 0.115. The van der Waals surface area contributed by atoms with E-state index in [4.69, 9.17) is 0 Å². The fourth-order valence-electron chi connectivity index (χ4n) is 1.39. The Kier molecular flexibility index (Phi) is 4.90. The molecule has 0 fully saturated rings. The molecule has 0 aliphatic heterocycles. The summed E-state index contributed by atoms with van der Waals surface area (Å²) in [4.78, 5) is 11.9. The fraction of sp³-hybridized carbons (Fsp3) is 0.462. The molecule has 0 saturated heterocycles. The average molecular weight is 300 g/mol. The van der Waals surface area contributed by atoms with E-state index in [2.05, 4.69) is 5.32 Å². The molecule has 2 N–H and O–H groups in total. The van der Waals surface area contributed by atoms with Crippen molar-refractivity contribution in [2.24, 2.45) is 0 Å². The number of nitrogens with one attached hydrogen (secondary N) is 1. The Hall–Kier alpha value is -1.44. The van der Waals surface area contributed by atoms with Gasteiger partial charge in [-0.1, -0.05) is 0 Å². The Morgan fingerprint density at radius 2 is 1.75 bits per heavy atom. The van der Waals surface area contributed by atoms with Gasteiger partial charge in [0.1, 0.15) is 0 Å². The highest BCUT2D eigenvalue weighted by Crippen LogP contribution is 2.14. The lowest BCUT2D eigenvalue weighted by Gasteiger charge is -2.17. The van der Waals surface area contributed by atoms with Crippen molar-refractivity contribution in [3.05, 3.63) is 29.8 Å². The van der Waals surface area contributed by atoms with Crippen molar-refractivity contribution in [1.29, 1.82) is 0 Å². The SMILES string of the molecule is CN(C)S(=O)(=O)c1ccc(C(=O)NCC(C)(C)O)cc1. The summed E-state index contributed by atoms with van der Waals surface area (Å²) in [6, 6.07) is 5.65. The van der Waals surface area contributed by atoms with Crippen LogP contribution in [0.2, 0.25) is 0 Å². The van der Waals surface area contributed by atoms with Crippen molar-refractivity contribution < 1.29 is 18.3 Å². The fourth-order valence-corrected chi connectivity index (χ4v) is 2.29. The van der Waals surface area contributed by atoms with Crippen LogP contribution in [0.25, 0.3) is 0 Å². The van der Waals surface area contributed by atoms with E-state index < -0.39 is 15.6 Å². The van der Waals surface area contributed by atoms with Crippen LogP contribution in [0.15, 0.2) is 29.2 Å². The zero-order valence-corrected chi connectivity index (χ0v) is 12.9. The van der Waals surface area contributed by atoms with Crippen LogP contribution in [0.1, 0.15) is 24.2 Å². The maximum Gasteiger partial charge on any atom is 0.251 e. The van der Waals surface area contributed by atoms with E-state index >= 15 is 0 Å². The van der Waals surface area contributed by atoms with Crippen molar-refractivity contribution >= 4 is 15.9 Å². The number of hydrogen-bond donors (Lipinski definition) is 2. The highest BCUT2D eigenvalue weighted by atomic mass is 32.2. The van der Waals surface area contributed by atoms with E-state index in [0.717, 1.165) is 4.31 Å². The summed E-state index contributed by atoms with van der Waals surface area (Å²) in [5, 5.41) is 12.1. The number of sulfonamides is 1. The predicted molar refractivity (Wildman–Crippen MR) is 75.9 cm³/mol. The number of nitrogens with zero attached hydrogens (tertiary/aromatic N) is 1. The molecule has 20 heavy (non-hydrogen) atoms. The molecule has 1 rings (SSSR count). The minimum Gasteiger partial charge on any atom is -0.389 e. The number of benzene rings is 1. The summed E-state index contributed by atoms with van der Waals surface area (Å²) in [5.41, 5.74) is -0.656. The summed E-state index contributed by atoms with van der Waals surface area (Å²) >= 11 is 0. The number of hydrogen-bond acceptors (Lipinski definition) is 4. The first-order chi connectivity index (χ1) is 9.04. The molecule has 0 radical (unpaired) electrons. The van der Waals surface area contributed by atoms with Crippen molar-refractivity contribution in [3.8, 4) is 0 Å². The second-order valence-corrected chi connectivity index (χ2v) is 7.46. The van der Waals surface area contributed by atoms with Gasteiger partial charge in [0.05, 0.1) is 10.5 Å². The van der Waals surface area contributed by atoms with Crippen LogP contribution in [0.5, 0.6) is 0 Å². The maximum absolute atomic E-state index is 11.9. The molecule has 0 saturated carbocycles. The van der Waals surface area contributed by atoms with Gasteiger partial charge < -0.3 is 10.4 Å². The van der Waals surface area contributed by atoms with Crippen molar-refractivity contribution in [3.63, 3.8) is 0 Å². The van der Waals surface area contributed by atoms with E-state index in [9.17, 15) is 18.3 Å². The van der Waals surface area contributed by atoms with Gasteiger partial charge in [0.2, 0.25) is 10.0 Å². The van der Waals surface area contributed by atoms with Crippen LogP contribution in [-0.4, -0.2) is 50.0 Å². The smallest absolute Gasteiger partial charge is 0.251 e. The van der Waals surface area contributed by atoms with Crippen LogP contribution in [0, 0.1) is 0 Å². The van der Waals surface area contributed by atoms with Crippen LogP contribution in [0.4, 0.5) is 0 Å². The van der Waals surface area contributed by atoms with E-state index in [1.165, 1.54) is 38.4 Å². The summed E-state index contributed by atoms with van der Waals surface area (Å²) in [6.45, 7) is 3.28. The van der Waals surface area contributed by atoms with Crippen molar-refractivity contribution in [2.75, 3.05) is 20.6 Å². The third-order valence-electron chi connectivity index (χ3n) is 2.58. The molecule has 0 heterocycles. The third-order valence-corrected chi connectivity index (χ3v) is 4.41. The number of carbonyl (C=O) groups is 1. The molecule has 0 aliphatic rings. The Morgan fingerprint density at radius 1 is 1.25 bits per heavy atom. The first-order valence-electron chi connectivity index (χ1n) is 6.07. The number of rotatable bonds is 5. The highest BCUT2D eigenvalue weighted by Gasteiger charge is 2.18. The molecule has 0 spiro atoms. The Balaban J connectivity index is 2.85. The second kappa shape index (κ2) is 5.90. The molecule has 0 aromatic heterocycles. The quantitative estimate of drug-likeness (QED) is 0.826. The van der Waals surface area contributed by atoms with Gasteiger partial charge in [-0.25, -0.2) is 12.7 Å². The Morgan fingerprint density at radius 3 is 2.15 bits per heavy atom. The topological polar surface area (TPSA) is 86.7 Å². The normalized spacial score (nSPS) is 12.5. The molecule has 6 nitrogen and oxygen atoms in total. The van der Waals surface area contributed by atoms with Gasteiger partial charge in [-0.3, -0.25) is 4.79 Å². The third kappa shape index (κ3) is 4.29. The van der Waals surface area contributed by atoms with Gasteiger partial charge in [0.25, 0.3) is 5.91 Å². The van der Waals surface area contributed by atoms with Crippen LogP contribution in [-0.2, 0) is 10.0 Å².